The number of carbonyl (C=O) groups is 1. The topological polar surface area (TPSA) is 57.7 Å². The van der Waals surface area contributed by atoms with E-state index in [2.05, 4.69) is 51.7 Å². The number of carbonyl (C=O) groups excluding carboxylic acids is 1. The lowest BCUT2D eigenvalue weighted by Gasteiger charge is -2.29. The van der Waals surface area contributed by atoms with Gasteiger partial charge in [0.05, 0.1) is 11.5 Å². The SMILES string of the molecule is CCN(CC)c1ccc(CN(C(=O)c2ccc(C(C)(C)C)cc2)C2CCS(=O)(=O)C2)cc1. The number of benzene rings is 2. The molecule has 1 atom stereocenters. The van der Waals surface area contributed by atoms with Crippen LogP contribution in [-0.4, -0.2) is 49.9 Å². The van der Waals surface area contributed by atoms with Crippen molar-refractivity contribution in [3.05, 3.63) is 65.2 Å². The number of hydrogen-bond acceptors (Lipinski definition) is 4. The number of hydrogen-bond donors (Lipinski definition) is 0. The number of anilines is 1. The molecule has 2 aromatic carbocycles. The first-order chi connectivity index (χ1) is 15.0. The van der Waals surface area contributed by atoms with E-state index in [0.717, 1.165) is 29.9 Å². The highest BCUT2D eigenvalue weighted by molar-refractivity contribution is 7.91. The summed E-state index contributed by atoms with van der Waals surface area (Å²) < 4.78 is 24.3. The normalized spacial score (nSPS) is 17.8. The monoisotopic (exact) mass is 456 g/mol. The van der Waals surface area contributed by atoms with E-state index in [0.29, 0.717) is 18.5 Å². The lowest BCUT2D eigenvalue weighted by molar-refractivity contribution is 0.0681. The Labute approximate surface area is 193 Å². The van der Waals surface area contributed by atoms with Crippen LogP contribution in [0.1, 0.15) is 62.5 Å². The Morgan fingerprint density at radius 1 is 0.969 bits per heavy atom. The van der Waals surface area contributed by atoms with Gasteiger partial charge in [0, 0.05) is 36.9 Å². The van der Waals surface area contributed by atoms with Crippen LogP contribution in [0.15, 0.2) is 48.5 Å². The summed E-state index contributed by atoms with van der Waals surface area (Å²) in [7, 11) is -3.10. The molecule has 0 aliphatic carbocycles. The van der Waals surface area contributed by atoms with Crippen molar-refractivity contribution in [2.75, 3.05) is 29.5 Å². The summed E-state index contributed by atoms with van der Waals surface area (Å²) in [6, 6.07) is 15.7. The largest absolute Gasteiger partial charge is 0.372 e. The summed E-state index contributed by atoms with van der Waals surface area (Å²) in [6.07, 6.45) is 0.492. The van der Waals surface area contributed by atoms with Gasteiger partial charge in [-0.3, -0.25) is 4.79 Å². The predicted molar refractivity (Wildman–Crippen MR) is 132 cm³/mol. The van der Waals surface area contributed by atoms with Gasteiger partial charge in [0.15, 0.2) is 9.84 Å². The number of rotatable bonds is 7. The first-order valence-corrected chi connectivity index (χ1v) is 13.3. The molecule has 1 saturated heterocycles. The molecular formula is C26H36N2O3S. The average molecular weight is 457 g/mol. The second kappa shape index (κ2) is 9.65. The van der Waals surface area contributed by atoms with Crippen molar-refractivity contribution < 1.29 is 13.2 Å². The fourth-order valence-electron chi connectivity index (χ4n) is 4.26. The summed E-state index contributed by atoms with van der Waals surface area (Å²) in [6.45, 7) is 12.9. The molecule has 1 aliphatic rings. The first-order valence-electron chi connectivity index (χ1n) is 11.5. The van der Waals surface area contributed by atoms with Gasteiger partial charge in [-0.15, -0.1) is 0 Å². The summed E-state index contributed by atoms with van der Waals surface area (Å²) in [5.74, 6) is 0.0714. The van der Waals surface area contributed by atoms with E-state index in [-0.39, 0.29) is 28.9 Å². The molecule has 32 heavy (non-hydrogen) atoms. The Hall–Kier alpha value is -2.34. The smallest absolute Gasteiger partial charge is 0.254 e. The molecule has 1 amide bonds. The van der Waals surface area contributed by atoms with Crippen molar-refractivity contribution >= 4 is 21.4 Å². The summed E-state index contributed by atoms with van der Waals surface area (Å²) >= 11 is 0. The lowest BCUT2D eigenvalue weighted by atomic mass is 9.86. The van der Waals surface area contributed by atoms with E-state index >= 15 is 0 Å². The predicted octanol–water partition coefficient (Wildman–Crippen LogP) is 4.66. The van der Waals surface area contributed by atoms with Gasteiger partial charge in [-0.05, 0) is 61.1 Å². The fraction of sp³-hybridized carbons (Fsp3) is 0.500. The van der Waals surface area contributed by atoms with E-state index < -0.39 is 9.84 Å². The maximum atomic E-state index is 13.5. The van der Waals surface area contributed by atoms with Gasteiger partial charge in [0.25, 0.3) is 5.91 Å². The van der Waals surface area contributed by atoms with Crippen LogP contribution in [0.25, 0.3) is 0 Å². The van der Waals surface area contributed by atoms with Crippen LogP contribution in [0.2, 0.25) is 0 Å². The van der Waals surface area contributed by atoms with Crippen molar-refractivity contribution in [2.45, 2.75) is 59.0 Å². The molecule has 0 aromatic heterocycles. The van der Waals surface area contributed by atoms with Crippen molar-refractivity contribution in [1.29, 1.82) is 0 Å². The molecule has 1 unspecified atom stereocenters. The van der Waals surface area contributed by atoms with Crippen LogP contribution in [0, 0.1) is 0 Å². The first kappa shape index (κ1) is 24.3. The molecule has 0 spiro atoms. The molecular weight excluding hydrogens is 420 g/mol. The fourth-order valence-corrected chi connectivity index (χ4v) is 5.99. The maximum Gasteiger partial charge on any atom is 0.254 e. The molecule has 174 valence electrons. The van der Waals surface area contributed by atoms with Gasteiger partial charge in [0.2, 0.25) is 0 Å². The van der Waals surface area contributed by atoms with Crippen LogP contribution >= 0.6 is 0 Å². The van der Waals surface area contributed by atoms with Crippen LogP contribution in [0.5, 0.6) is 0 Å². The molecule has 0 radical (unpaired) electrons. The Kier molecular flexibility index (Phi) is 7.33. The van der Waals surface area contributed by atoms with Gasteiger partial charge in [0.1, 0.15) is 0 Å². The third-order valence-electron chi connectivity index (χ3n) is 6.33. The Morgan fingerprint density at radius 3 is 2.03 bits per heavy atom. The Bertz CT molecular complexity index is 1020. The van der Waals surface area contributed by atoms with E-state index in [1.54, 1.807) is 4.90 Å². The highest BCUT2D eigenvalue weighted by Gasteiger charge is 2.35. The van der Waals surface area contributed by atoms with Crippen LogP contribution < -0.4 is 4.90 Å². The summed E-state index contributed by atoms with van der Waals surface area (Å²) in [4.78, 5) is 17.5. The Balaban J connectivity index is 1.86. The molecule has 6 heteroatoms. The molecule has 2 aromatic rings. The third kappa shape index (κ3) is 5.71. The van der Waals surface area contributed by atoms with Gasteiger partial charge in [-0.25, -0.2) is 8.42 Å². The molecule has 1 heterocycles. The van der Waals surface area contributed by atoms with E-state index in [1.165, 1.54) is 0 Å². The molecule has 5 nitrogen and oxygen atoms in total. The zero-order valence-electron chi connectivity index (χ0n) is 20.0. The minimum Gasteiger partial charge on any atom is -0.372 e. The standard InChI is InChI=1S/C26H36N2O3S/c1-6-27(7-2)23-14-8-20(9-15-23)18-28(24-16-17-32(30,31)19-24)25(29)21-10-12-22(13-11-21)26(3,4)5/h8-15,24H,6-7,16-19H2,1-5H3. The lowest BCUT2D eigenvalue weighted by Crippen LogP contribution is -2.40. The number of nitrogens with zero attached hydrogens (tertiary/aromatic N) is 2. The number of sulfone groups is 1. The molecule has 1 aliphatic heterocycles. The highest BCUT2D eigenvalue weighted by Crippen LogP contribution is 2.26. The van der Waals surface area contributed by atoms with Crippen LogP contribution in [0.4, 0.5) is 5.69 Å². The average Bonchev–Trinajstić information content (AvgIpc) is 3.12. The second-order valence-corrected chi connectivity index (χ2v) is 11.9. The van der Waals surface area contributed by atoms with Crippen molar-refractivity contribution in [3.8, 4) is 0 Å². The summed E-state index contributed by atoms with van der Waals surface area (Å²) in [5, 5.41) is 0. The second-order valence-electron chi connectivity index (χ2n) is 9.66. The van der Waals surface area contributed by atoms with Gasteiger partial charge >= 0.3 is 0 Å². The van der Waals surface area contributed by atoms with Gasteiger partial charge in [-0.1, -0.05) is 45.0 Å². The quantitative estimate of drug-likeness (QED) is 0.608. The van der Waals surface area contributed by atoms with Gasteiger partial charge in [-0.2, -0.15) is 0 Å². The van der Waals surface area contributed by atoms with Crippen molar-refractivity contribution in [1.82, 2.24) is 4.90 Å². The van der Waals surface area contributed by atoms with Crippen molar-refractivity contribution in [3.63, 3.8) is 0 Å². The zero-order valence-corrected chi connectivity index (χ0v) is 20.8. The summed E-state index contributed by atoms with van der Waals surface area (Å²) in [5.41, 5.74) is 3.92. The minimum atomic E-state index is -3.10. The Morgan fingerprint density at radius 2 is 1.56 bits per heavy atom. The van der Waals surface area contributed by atoms with Crippen molar-refractivity contribution in [2.24, 2.45) is 0 Å². The minimum absolute atomic E-state index is 0.00734. The third-order valence-corrected chi connectivity index (χ3v) is 8.08. The molecule has 1 fully saturated rings. The van der Waals surface area contributed by atoms with Gasteiger partial charge < -0.3 is 9.80 Å². The number of amides is 1. The van der Waals surface area contributed by atoms with E-state index in [4.69, 9.17) is 0 Å². The van der Waals surface area contributed by atoms with E-state index in [9.17, 15) is 13.2 Å². The maximum absolute atomic E-state index is 13.5. The zero-order chi connectivity index (χ0) is 23.5. The molecule has 0 bridgehead atoms. The van der Waals surface area contributed by atoms with Crippen LogP contribution in [0.3, 0.4) is 0 Å². The van der Waals surface area contributed by atoms with E-state index in [1.807, 2.05) is 36.4 Å². The highest BCUT2D eigenvalue weighted by atomic mass is 32.2. The molecule has 3 rings (SSSR count). The molecule has 0 N–H and O–H groups in total. The van der Waals surface area contributed by atoms with Crippen LogP contribution in [-0.2, 0) is 21.8 Å². The molecule has 0 saturated carbocycles.